The molecule has 0 amide bonds. The lowest BCUT2D eigenvalue weighted by molar-refractivity contribution is 1.13. The molecule has 2 aromatic rings. The Labute approximate surface area is 101 Å². The van der Waals surface area contributed by atoms with Gasteiger partial charge in [0.2, 0.25) is 0 Å². The van der Waals surface area contributed by atoms with Crippen LogP contribution in [0.25, 0.3) is 10.1 Å². The molecule has 1 aromatic carbocycles. The van der Waals surface area contributed by atoms with E-state index in [4.69, 9.17) is 0 Å². The number of hydrogen-bond donors (Lipinski definition) is 0. The number of halogens is 1. The predicted molar refractivity (Wildman–Crippen MR) is 70.7 cm³/mol. The van der Waals surface area contributed by atoms with E-state index in [1.54, 1.807) is 0 Å². The minimum Gasteiger partial charge on any atom is -0.128 e. The minimum atomic E-state index is 1.12. The first-order chi connectivity index (χ1) is 6.76. The van der Waals surface area contributed by atoms with Crippen LogP contribution in [0.1, 0.15) is 12.5 Å². The second-order valence-corrected chi connectivity index (χ2v) is 6.11. The van der Waals surface area contributed by atoms with Crippen LogP contribution >= 0.6 is 39.0 Å². The van der Waals surface area contributed by atoms with E-state index in [2.05, 4.69) is 47.3 Å². The Kier molecular flexibility index (Phi) is 3.20. The maximum atomic E-state index is 3.51. The number of benzene rings is 1. The van der Waals surface area contributed by atoms with Crippen LogP contribution in [0.15, 0.2) is 26.9 Å². The van der Waals surface area contributed by atoms with Gasteiger partial charge >= 0.3 is 0 Å². The molecule has 14 heavy (non-hydrogen) atoms. The first-order valence-corrected chi connectivity index (χ1v) is 7.34. The van der Waals surface area contributed by atoms with Crippen LogP contribution in [0.2, 0.25) is 0 Å². The summed E-state index contributed by atoms with van der Waals surface area (Å²) in [6.07, 6.45) is 3.27. The van der Waals surface area contributed by atoms with E-state index in [1.807, 2.05) is 23.1 Å². The van der Waals surface area contributed by atoms with E-state index >= 15 is 0 Å². The Morgan fingerprint density at radius 2 is 2.21 bits per heavy atom. The number of fused-ring (bicyclic) bond motifs is 1. The average molecular weight is 287 g/mol. The molecule has 74 valence electrons. The van der Waals surface area contributed by atoms with Gasteiger partial charge in [-0.2, -0.15) is 0 Å². The molecule has 0 N–H and O–H groups in total. The Morgan fingerprint density at radius 3 is 2.86 bits per heavy atom. The molecule has 0 aliphatic rings. The number of rotatable bonds is 2. The van der Waals surface area contributed by atoms with E-state index < -0.39 is 0 Å². The predicted octanol–water partition coefficient (Wildman–Crippen LogP) is 4.95. The summed E-state index contributed by atoms with van der Waals surface area (Å²) < 4.78 is 4.02. The van der Waals surface area contributed by atoms with Gasteiger partial charge < -0.3 is 0 Å². The Morgan fingerprint density at radius 1 is 1.43 bits per heavy atom. The van der Waals surface area contributed by atoms with Crippen molar-refractivity contribution in [1.29, 1.82) is 0 Å². The van der Waals surface area contributed by atoms with Gasteiger partial charge in [0.05, 0.1) is 4.21 Å². The van der Waals surface area contributed by atoms with Crippen molar-refractivity contribution in [2.75, 3.05) is 6.26 Å². The third kappa shape index (κ3) is 1.73. The second kappa shape index (κ2) is 4.25. The lowest BCUT2D eigenvalue weighted by Crippen LogP contribution is -1.78. The SMILES string of the molecule is CCc1c(SC)sc2cc(Br)ccc12. The summed E-state index contributed by atoms with van der Waals surface area (Å²) in [6.45, 7) is 2.23. The number of thiophene rings is 1. The van der Waals surface area contributed by atoms with E-state index in [0.717, 1.165) is 6.42 Å². The standard InChI is InChI=1S/C11H11BrS2/c1-3-8-9-5-4-7(12)6-10(9)14-11(8)13-2/h4-6H,3H2,1-2H3. The smallest absolute Gasteiger partial charge is 0.0640 e. The molecular weight excluding hydrogens is 276 g/mol. The van der Waals surface area contributed by atoms with Gasteiger partial charge in [0.1, 0.15) is 0 Å². The molecule has 2 rings (SSSR count). The Balaban J connectivity index is 2.73. The molecule has 0 spiro atoms. The third-order valence-corrected chi connectivity index (χ3v) is 5.11. The van der Waals surface area contributed by atoms with Crippen molar-refractivity contribution in [3.05, 3.63) is 28.2 Å². The van der Waals surface area contributed by atoms with E-state index in [9.17, 15) is 0 Å². The van der Waals surface area contributed by atoms with Gasteiger partial charge in [0.15, 0.2) is 0 Å². The lowest BCUT2D eigenvalue weighted by Gasteiger charge is -1.97. The normalized spacial score (nSPS) is 11.1. The molecule has 0 unspecified atom stereocenters. The number of aryl methyl sites for hydroxylation is 1. The molecule has 1 heterocycles. The topological polar surface area (TPSA) is 0 Å². The zero-order valence-corrected chi connectivity index (χ0v) is 11.4. The highest BCUT2D eigenvalue weighted by molar-refractivity contribution is 9.10. The van der Waals surface area contributed by atoms with Gasteiger partial charge in [-0.3, -0.25) is 0 Å². The van der Waals surface area contributed by atoms with Gasteiger partial charge in [0, 0.05) is 9.17 Å². The van der Waals surface area contributed by atoms with Gasteiger partial charge in [-0.05, 0) is 35.8 Å². The van der Waals surface area contributed by atoms with Crippen molar-refractivity contribution < 1.29 is 0 Å². The largest absolute Gasteiger partial charge is 0.128 e. The number of thioether (sulfide) groups is 1. The van der Waals surface area contributed by atoms with Crippen molar-refractivity contribution in [2.45, 2.75) is 17.6 Å². The summed E-state index contributed by atoms with van der Waals surface area (Å²) in [5.41, 5.74) is 1.50. The summed E-state index contributed by atoms with van der Waals surface area (Å²) in [5.74, 6) is 0. The first kappa shape index (κ1) is 10.5. The van der Waals surface area contributed by atoms with E-state index in [0.29, 0.717) is 0 Å². The molecule has 0 radical (unpaired) electrons. The van der Waals surface area contributed by atoms with Crippen LogP contribution < -0.4 is 0 Å². The second-order valence-electron chi connectivity index (χ2n) is 3.07. The van der Waals surface area contributed by atoms with Crippen molar-refractivity contribution in [2.24, 2.45) is 0 Å². The van der Waals surface area contributed by atoms with E-state index in [1.165, 1.54) is 24.3 Å². The van der Waals surface area contributed by atoms with Crippen LogP contribution in [-0.4, -0.2) is 6.26 Å². The highest BCUT2D eigenvalue weighted by atomic mass is 79.9. The fourth-order valence-corrected chi connectivity index (χ4v) is 4.28. The summed E-state index contributed by atoms with van der Waals surface area (Å²) in [5, 5.41) is 1.42. The summed E-state index contributed by atoms with van der Waals surface area (Å²) in [6, 6.07) is 6.55. The molecule has 1 aromatic heterocycles. The van der Waals surface area contributed by atoms with Crippen LogP contribution in [0.4, 0.5) is 0 Å². The third-order valence-electron chi connectivity index (χ3n) is 2.26. The highest BCUT2D eigenvalue weighted by Crippen LogP contribution is 2.38. The zero-order chi connectivity index (χ0) is 10.1. The van der Waals surface area contributed by atoms with Gasteiger partial charge in [-0.15, -0.1) is 23.1 Å². The summed E-state index contributed by atoms with van der Waals surface area (Å²) in [4.78, 5) is 0. The molecular formula is C11H11BrS2. The van der Waals surface area contributed by atoms with Gasteiger partial charge in [0.25, 0.3) is 0 Å². The van der Waals surface area contributed by atoms with E-state index in [-0.39, 0.29) is 0 Å². The van der Waals surface area contributed by atoms with Crippen LogP contribution in [0.5, 0.6) is 0 Å². The average Bonchev–Trinajstić information content (AvgIpc) is 2.54. The summed E-state index contributed by atoms with van der Waals surface area (Å²) in [7, 11) is 0. The molecule has 3 heteroatoms. The molecule has 0 bridgehead atoms. The molecule has 0 aliphatic heterocycles. The van der Waals surface area contributed by atoms with Crippen molar-refractivity contribution in [1.82, 2.24) is 0 Å². The van der Waals surface area contributed by atoms with Crippen LogP contribution in [-0.2, 0) is 6.42 Å². The fourth-order valence-electron chi connectivity index (χ4n) is 1.60. The maximum Gasteiger partial charge on any atom is 0.0640 e. The molecule has 0 saturated carbocycles. The highest BCUT2D eigenvalue weighted by Gasteiger charge is 2.09. The number of hydrogen-bond acceptors (Lipinski definition) is 2. The lowest BCUT2D eigenvalue weighted by atomic mass is 10.1. The Bertz CT molecular complexity index is 460. The van der Waals surface area contributed by atoms with Gasteiger partial charge in [-0.25, -0.2) is 0 Å². The summed E-state index contributed by atoms with van der Waals surface area (Å²) >= 11 is 7.26. The molecule has 0 aliphatic carbocycles. The fraction of sp³-hybridized carbons (Fsp3) is 0.273. The van der Waals surface area contributed by atoms with Crippen molar-refractivity contribution >= 4 is 49.1 Å². The molecule has 0 nitrogen and oxygen atoms in total. The quantitative estimate of drug-likeness (QED) is 0.704. The van der Waals surface area contributed by atoms with Gasteiger partial charge in [-0.1, -0.05) is 28.9 Å². The first-order valence-electron chi connectivity index (χ1n) is 4.51. The van der Waals surface area contributed by atoms with Crippen molar-refractivity contribution in [3.8, 4) is 0 Å². The molecule has 0 saturated heterocycles. The molecule has 0 fully saturated rings. The Hall–Kier alpha value is 0.01000. The minimum absolute atomic E-state index is 1.12. The van der Waals surface area contributed by atoms with Crippen molar-refractivity contribution in [3.63, 3.8) is 0 Å². The maximum absolute atomic E-state index is 3.51. The monoisotopic (exact) mass is 286 g/mol. The van der Waals surface area contributed by atoms with Crippen LogP contribution in [0, 0.1) is 0 Å². The van der Waals surface area contributed by atoms with Crippen LogP contribution in [0.3, 0.4) is 0 Å². The zero-order valence-electron chi connectivity index (χ0n) is 8.13. The molecule has 0 atom stereocenters.